The first-order valence-corrected chi connectivity index (χ1v) is 18.8. The van der Waals surface area contributed by atoms with Gasteiger partial charge in [0.05, 0.1) is 0 Å². The maximum absolute atomic E-state index is 15.0. The third-order valence-electron chi connectivity index (χ3n) is 12.4. The predicted molar refractivity (Wildman–Crippen MR) is 201 cm³/mol. The van der Waals surface area contributed by atoms with Crippen LogP contribution in [0.2, 0.25) is 0 Å². The number of ether oxygens (including phenoxy) is 2. The first kappa shape index (κ1) is 41.3. The number of benzene rings is 1. The van der Waals surface area contributed by atoms with Crippen LogP contribution in [0.25, 0.3) is 0 Å². The molecule has 1 aromatic carbocycles. The Balaban J connectivity index is 2.15. The zero-order chi connectivity index (χ0) is 37.8. The maximum Gasteiger partial charge on any atom is 0.324 e. The molecule has 0 bridgehead atoms. The zero-order valence-electron chi connectivity index (χ0n) is 34.4. The molecule has 0 saturated carbocycles. The lowest BCUT2D eigenvalue weighted by Gasteiger charge is -2.57. The summed E-state index contributed by atoms with van der Waals surface area (Å²) in [5.74, 6) is -1.12. The standard InChI is InChI=1S/C42H72N2O5/c1-18-19-20-42(30-23-38(8,9)43(16)39(10,11)24-30,35(47)49-31-25-40(12,13)44(17)41(14,15)26-31)34(46)48-27-28-21-29(36(2,3)4)22-32(33(28)45)37(5,6)7/h21-22,30-31,45H,18-20,23-27H2,1-17H3. The average Bonchev–Trinajstić information content (AvgIpc) is 2.92. The molecular formula is C42H72N2O5. The molecule has 2 fully saturated rings. The fraction of sp³-hybridized carbons (Fsp3) is 0.810. The lowest BCUT2D eigenvalue weighted by atomic mass is 9.60. The fourth-order valence-electron chi connectivity index (χ4n) is 8.70. The van der Waals surface area contributed by atoms with Gasteiger partial charge < -0.3 is 14.6 Å². The molecule has 0 aliphatic carbocycles. The Morgan fingerprint density at radius 2 is 1.24 bits per heavy atom. The van der Waals surface area contributed by atoms with Crippen molar-refractivity contribution in [1.82, 2.24) is 9.80 Å². The Hall–Kier alpha value is -2.12. The van der Waals surface area contributed by atoms with Gasteiger partial charge in [-0.05, 0) is 123 Å². The lowest BCUT2D eigenvalue weighted by molar-refractivity contribution is -0.193. The number of carbonyl (C=O) groups is 2. The van der Waals surface area contributed by atoms with E-state index in [4.69, 9.17) is 9.47 Å². The Morgan fingerprint density at radius 1 is 0.776 bits per heavy atom. The van der Waals surface area contributed by atoms with Crippen LogP contribution in [0.3, 0.4) is 0 Å². The predicted octanol–water partition coefficient (Wildman–Crippen LogP) is 9.30. The summed E-state index contributed by atoms with van der Waals surface area (Å²) in [6, 6.07) is 4.02. The fourth-order valence-corrected chi connectivity index (χ4v) is 8.70. The number of esters is 2. The number of phenolic OH excluding ortho intramolecular Hbond substituents is 1. The van der Waals surface area contributed by atoms with E-state index in [-0.39, 0.29) is 57.4 Å². The lowest BCUT2D eigenvalue weighted by Crippen LogP contribution is -2.64. The number of hydrogen-bond acceptors (Lipinski definition) is 7. The second-order valence-corrected chi connectivity index (χ2v) is 20.1. The van der Waals surface area contributed by atoms with Crippen molar-refractivity contribution in [1.29, 1.82) is 0 Å². The third-order valence-corrected chi connectivity index (χ3v) is 12.4. The quantitative estimate of drug-likeness (QED) is 0.205. The number of piperidine rings is 2. The summed E-state index contributed by atoms with van der Waals surface area (Å²) in [6.45, 7) is 32.2. The summed E-state index contributed by atoms with van der Waals surface area (Å²) >= 11 is 0. The van der Waals surface area contributed by atoms with Gasteiger partial charge in [-0.25, -0.2) is 0 Å². The Labute approximate surface area is 299 Å². The molecule has 1 unspecified atom stereocenters. The van der Waals surface area contributed by atoms with Gasteiger partial charge in [0.15, 0.2) is 5.41 Å². The van der Waals surface area contributed by atoms with E-state index in [0.717, 1.165) is 17.5 Å². The van der Waals surface area contributed by atoms with E-state index in [9.17, 15) is 9.90 Å². The van der Waals surface area contributed by atoms with E-state index in [1.165, 1.54) is 0 Å². The highest BCUT2D eigenvalue weighted by Crippen LogP contribution is 2.52. The number of likely N-dealkylation sites (tertiary alicyclic amines) is 2. The first-order valence-electron chi connectivity index (χ1n) is 18.8. The molecule has 1 aromatic rings. The number of rotatable bonds is 9. The molecule has 2 heterocycles. The van der Waals surface area contributed by atoms with Gasteiger partial charge in [0.25, 0.3) is 0 Å². The van der Waals surface area contributed by atoms with Gasteiger partial charge >= 0.3 is 11.9 Å². The number of hydrogen-bond donors (Lipinski definition) is 1. The minimum atomic E-state index is -1.48. The largest absolute Gasteiger partial charge is 0.507 e. The van der Waals surface area contributed by atoms with Crippen molar-refractivity contribution in [3.8, 4) is 5.75 Å². The number of unbranched alkanes of at least 4 members (excludes halogenated alkanes) is 1. The third kappa shape index (κ3) is 8.51. The smallest absolute Gasteiger partial charge is 0.324 e. The molecule has 3 rings (SSSR count). The van der Waals surface area contributed by atoms with Crippen LogP contribution in [0, 0.1) is 11.3 Å². The van der Waals surface area contributed by atoms with Crippen molar-refractivity contribution in [3.63, 3.8) is 0 Å². The Kier molecular flexibility index (Phi) is 11.6. The average molecular weight is 685 g/mol. The molecule has 7 heteroatoms. The zero-order valence-corrected chi connectivity index (χ0v) is 34.4. The highest BCUT2D eigenvalue weighted by Gasteiger charge is 2.60. The highest BCUT2D eigenvalue weighted by atomic mass is 16.6. The van der Waals surface area contributed by atoms with Crippen LogP contribution in [-0.2, 0) is 36.5 Å². The van der Waals surface area contributed by atoms with Gasteiger partial charge in [-0.2, -0.15) is 0 Å². The summed E-state index contributed by atoms with van der Waals surface area (Å²) < 4.78 is 12.9. The summed E-state index contributed by atoms with van der Waals surface area (Å²) in [4.78, 5) is 34.8. The van der Waals surface area contributed by atoms with Gasteiger partial charge in [0.2, 0.25) is 0 Å². The van der Waals surface area contributed by atoms with Crippen molar-refractivity contribution < 1.29 is 24.2 Å². The molecule has 0 amide bonds. The normalized spacial score (nSPS) is 23.1. The Morgan fingerprint density at radius 3 is 1.67 bits per heavy atom. The van der Waals surface area contributed by atoms with Crippen molar-refractivity contribution in [2.75, 3.05) is 14.1 Å². The van der Waals surface area contributed by atoms with Gasteiger partial charge in [-0.1, -0.05) is 67.4 Å². The van der Waals surface area contributed by atoms with E-state index < -0.39 is 17.4 Å². The molecular weight excluding hydrogens is 612 g/mol. The van der Waals surface area contributed by atoms with E-state index in [1.807, 2.05) is 6.07 Å². The molecule has 0 spiro atoms. The number of aromatic hydroxyl groups is 1. The molecule has 2 saturated heterocycles. The maximum atomic E-state index is 15.0. The van der Waals surface area contributed by atoms with Crippen LogP contribution in [-0.4, -0.2) is 69.2 Å². The minimum Gasteiger partial charge on any atom is -0.507 e. The van der Waals surface area contributed by atoms with E-state index in [2.05, 4.69) is 134 Å². The topological polar surface area (TPSA) is 79.3 Å². The molecule has 0 radical (unpaired) electrons. The molecule has 1 atom stereocenters. The van der Waals surface area contributed by atoms with E-state index in [1.54, 1.807) is 0 Å². The molecule has 2 aliphatic rings. The molecule has 0 aromatic heterocycles. The second kappa shape index (κ2) is 13.8. The van der Waals surface area contributed by atoms with Crippen LogP contribution in [0.1, 0.15) is 165 Å². The minimum absolute atomic E-state index is 0.119. The first-order chi connectivity index (χ1) is 22.0. The molecule has 1 N–H and O–H groups in total. The molecule has 280 valence electrons. The number of phenols is 1. The second-order valence-electron chi connectivity index (χ2n) is 20.1. The summed E-state index contributed by atoms with van der Waals surface area (Å²) in [5, 5.41) is 11.5. The molecule has 2 aliphatic heterocycles. The monoisotopic (exact) mass is 685 g/mol. The highest BCUT2D eigenvalue weighted by molar-refractivity contribution is 6.00. The van der Waals surface area contributed by atoms with Crippen LogP contribution in [0.15, 0.2) is 12.1 Å². The molecule has 7 nitrogen and oxygen atoms in total. The van der Waals surface area contributed by atoms with Crippen molar-refractivity contribution in [3.05, 3.63) is 28.8 Å². The van der Waals surface area contributed by atoms with Gasteiger partial charge in [-0.3, -0.25) is 19.4 Å². The summed E-state index contributed by atoms with van der Waals surface area (Å²) in [5.41, 5.74) is -0.431. The van der Waals surface area contributed by atoms with Gasteiger partial charge in [0, 0.05) is 40.6 Å². The van der Waals surface area contributed by atoms with Crippen molar-refractivity contribution in [2.24, 2.45) is 11.3 Å². The van der Waals surface area contributed by atoms with Gasteiger partial charge in [-0.15, -0.1) is 0 Å². The van der Waals surface area contributed by atoms with Crippen LogP contribution in [0.4, 0.5) is 0 Å². The van der Waals surface area contributed by atoms with Crippen molar-refractivity contribution in [2.45, 2.75) is 194 Å². The number of nitrogens with zero attached hydrogens (tertiary/aromatic N) is 2. The van der Waals surface area contributed by atoms with Crippen LogP contribution >= 0.6 is 0 Å². The van der Waals surface area contributed by atoms with E-state index in [0.29, 0.717) is 44.1 Å². The summed E-state index contributed by atoms with van der Waals surface area (Å²) in [7, 11) is 4.28. The van der Waals surface area contributed by atoms with Gasteiger partial charge in [0.1, 0.15) is 18.5 Å². The molecule has 49 heavy (non-hydrogen) atoms. The SMILES string of the molecule is CCCCC(C(=O)OCc1cc(C(C)(C)C)cc(C(C)(C)C)c1O)(C(=O)OC1CC(C)(C)N(C)C(C)(C)C1)C1CC(C)(C)N(C)C(C)(C)C1. The van der Waals surface area contributed by atoms with Crippen LogP contribution in [0.5, 0.6) is 5.75 Å². The van der Waals surface area contributed by atoms with E-state index >= 15 is 4.79 Å². The summed E-state index contributed by atoms with van der Waals surface area (Å²) in [6.07, 6.45) is 4.25. The van der Waals surface area contributed by atoms with Crippen LogP contribution < -0.4 is 0 Å². The Bertz CT molecular complexity index is 1330. The van der Waals surface area contributed by atoms with Crippen molar-refractivity contribution >= 4 is 11.9 Å². The number of carbonyl (C=O) groups excluding carboxylic acids is 2.